The number of rotatable bonds is 6. The molecule has 0 bridgehead atoms. The van der Waals surface area contributed by atoms with Crippen LogP contribution in [0.2, 0.25) is 0 Å². The predicted octanol–water partition coefficient (Wildman–Crippen LogP) is 3.96. The maximum absolute atomic E-state index is 13.7. The van der Waals surface area contributed by atoms with Crippen molar-refractivity contribution in [2.45, 2.75) is 26.8 Å². The number of hydrogen-bond acceptors (Lipinski definition) is 3. The molecule has 2 rings (SSSR count). The summed E-state index contributed by atoms with van der Waals surface area (Å²) >= 11 is 0. The average molecular weight is 288 g/mol. The molecule has 3 nitrogen and oxygen atoms in total. The van der Waals surface area contributed by atoms with Crippen molar-refractivity contribution in [1.29, 1.82) is 0 Å². The van der Waals surface area contributed by atoms with E-state index in [1.807, 2.05) is 19.1 Å². The van der Waals surface area contributed by atoms with Gasteiger partial charge in [-0.1, -0.05) is 13.0 Å². The van der Waals surface area contributed by atoms with Gasteiger partial charge in [0.2, 0.25) is 0 Å². The van der Waals surface area contributed by atoms with Gasteiger partial charge >= 0.3 is 0 Å². The fourth-order valence-electron chi connectivity index (χ4n) is 2.38. The minimum atomic E-state index is -0.251. The SMILES string of the molecule is CCNC(C)c1ccc(F)cc1-c1cncc(OCC)c1. The lowest BCUT2D eigenvalue weighted by Gasteiger charge is -2.18. The standard InChI is InChI=1S/C17H21FN2O/c1-4-20-12(3)16-7-6-14(18)9-17(16)13-8-15(21-5-2)11-19-10-13/h6-12,20H,4-5H2,1-3H3. The van der Waals surface area contributed by atoms with Crippen LogP contribution in [0.15, 0.2) is 36.7 Å². The maximum atomic E-state index is 13.7. The van der Waals surface area contributed by atoms with E-state index in [4.69, 9.17) is 4.74 Å². The molecule has 0 aliphatic carbocycles. The van der Waals surface area contributed by atoms with Crippen LogP contribution in [-0.2, 0) is 0 Å². The summed E-state index contributed by atoms with van der Waals surface area (Å²) in [6.07, 6.45) is 3.40. The van der Waals surface area contributed by atoms with Gasteiger partial charge in [0.1, 0.15) is 11.6 Å². The van der Waals surface area contributed by atoms with Crippen LogP contribution in [-0.4, -0.2) is 18.1 Å². The van der Waals surface area contributed by atoms with Gasteiger partial charge in [-0.05, 0) is 49.7 Å². The van der Waals surface area contributed by atoms with Crippen LogP contribution in [0.4, 0.5) is 4.39 Å². The summed E-state index contributed by atoms with van der Waals surface area (Å²) in [4.78, 5) is 4.19. The second-order valence-electron chi connectivity index (χ2n) is 4.85. The molecule has 1 N–H and O–H groups in total. The molecule has 4 heteroatoms. The van der Waals surface area contributed by atoms with E-state index >= 15 is 0 Å². The van der Waals surface area contributed by atoms with E-state index in [1.54, 1.807) is 18.5 Å². The van der Waals surface area contributed by atoms with Crippen LogP contribution in [0.25, 0.3) is 11.1 Å². The van der Waals surface area contributed by atoms with Crippen LogP contribution < -0.4 is 10.1 Å². The Morgan fingerprint density at radius 2 is 2.05 bits per heavy atom. The first-order valence-electron chi connectivity index (χ1n) is 7.26. The first-order chi connectivity index (χ1) is 10.2. The summed E-state index contributed by atoms with van der Waals surface area (Å²) in [5.74, 6) is 0.445. The van der Waals surface area contributed by atoms with E-state index in [0.717, 1.165) is 23.2 Å². The molecule has 112 valence electrons. The number of benzene rings is 1. The predicted molar refractivity (Wildman–Crippen MR) is 82.9 cm³/mol. The van der Waals surface area contributed by atoms with Gasteiger partial charge in [-0.3, -0.25) is 4.98 Å². The third kappa shape index (κ3) is 3.79. The van der Waals surface area contributed by atoms with Crippen LogP contribution in [0.1, 0.15) is 32.4 Å². The minimum absolute atomic E-state index is 0.140. The largest absolute Gasteiger partial charge is 0.492 e. The molecule has 0 aliphatic rings. The molecule has 21 heavy (non-hydrogen) atoms. The lowest BCUT2D eigenvalue weighted by molar-refractivity contribution is 0.339. The first-order valence-corrected chi connectivity index (χ1v) is 7.26. The van der Waals surface area contributed by atoms with Crippen molar-refractivity contribution in [2.24, 2.45) is 0 Å². The van der Waals surface area contributed by atoms with Crippen LogP contribution in [0.3, 0.4) is 0 Å². The number of aromatic nitrogens is 1. The molecular formula is C17H21FN2O. The minimum Gasteiger partial charge on any atom is -0.492 e. The highest BCUT2D eigenvalue weighted by Crippen LogP contribution is 2.30. The van der Waals surface area contributed by atoms with Gasteiger partial charge in [-0.25, -0.2) is 4.39 Å². The van der Waals surface area contributed by atoms with E-state index in [1.165, 1.54) is 6.07 Å². The van der Waals surface area contributed by atoms with Crippen molar-refractivity contribution in [1.82, 2.24) is 10.3 Å². The Labute approximate surface area is 125 Å². The Morgan fingerprint density at radius 1 is 1.24 bits per heavy atom. The Balaban J connectivity index is 2.46. The topological polar surface area (TPSA) is 34.2 Å². The van der Waals surface area contributed by atoms with Crippen molar-refractivity contribution in [2.75, 3.05) is 13.2 Å². The number of halogens is 1. The maximum Gasteiger partial charge on any atom is 0.138 e. The van der Waals surface area contributed by atoms with E-state index in [2.05, 4.69) is 24.1 Å². The van der Waals surface area contributed by atoms with Crippen LogP contribution >= 0.6 is 0 Å². The quantitative estimate of drug-likeness (QED) is 0.873. The van der Waals surface area contributed by atoms with Gasteiger partial charge < -0.3 is 10.1 Å². The Kier molecular flexibility index (Phi) is 5.28. The van der Waals surface area contributed by atoms with E-state index in [-0.39, 0.29) is 11.9 Å². The Bertz CT molecular complexity index is 601. The van der Waals surface area contributed by atoms with Crippen molar-refractivity contribution < 1.29 is 9.13 Å². The molecule has 1 aromatic carbocycles. The Morgan fingerprint density at radius 3 is 2.76 bits per heavy atom. The third-order valence-corrected chi connectivity index (χ3v) is 3.33. The van der Waals surface area contributed by atoms with Crippen molar-refractivity contribution in [3.05, 3.63) is 48.0 Å². The lowest BCUT2D eigenvalue weighted by Crippen LogP contribution is -2.18. The van der Waals surface area contributed by atoms with Crippen molar-refractivity contribution >= 4 is 0 Å². The third-order valence-electron chi connectivity index (χ3n) is 3.33. The number of nitrogens with zero attached hydrogens (tertiary/aromatic N) is 1. The summed E-state index contributed by atoms with van der Waals surface area (Å²) in [5, 5.41) is 3.36. The fourth-order valence-corrected chi connectivity index (χ4v) is 2.38. The van der Waals surface area contributed by atoms with Crippen molar-refractivity contribution in [3.63, 3.8) is 0 Å². The normalized spacial score (nSPS) is 12.2. The number of pyridine rings is 1. The molecule has 0 aliphatic heterocycles. The van der Waals surface area contributed by atoms with Crippen molar-refractivity contribution in [3.8, 4) is 16.9 Å². The van der Waals surface area contributed by atoms with E-state index in [9.17, 15) is 4.39 Å². The second-order valence-corrected chi connectivity index (χ2v) is 4.85. The molecule has 1 heterocycles. The van der Waals surface area contributed by atoms with Gasteiger partial charge in [-0.15, -0.1) is 0 Å². The van der Waals surface area contributed by atoms with Gasteiger partial charge in [0.15, 0.2) is 0 Å². The summed E-state index contributed by atoms with van der Waals surface area (Å²) in [5.41, 5.74) is 2.76. The van der Waals surface area contributed by atoms with Gasteiger partial charge in [0, 0.05) is 17.8 Å². The van der Waals surface area contributed by atoms with Gasteiger partial charge in [-0.2, -0.15) is 0 Å². The van der Waals surface area contributed by atoms with Crippen LogP contribution in [0.5, 0.6) is 5.75 Å². The second kappa shape index (κ2) is 7.18. The zero-order valence-electron chi connectivity index (χ0n) is 12.7. The van der Waals surface area contributed by atoms with Crippen LogP contribution in [0, 0.1) is 5.82 Å². The highest BCUT2D eigenvalue weighted by molar-refractivity contribution is 5.68. The molecular weight excluding hydrogens is 267 g/mol. The highest BCUT2D eigenvalue weighted by atomic mass is 19.1. The molecule has 0 saturated carbocycles. The zero-order valence-corrected chi connectivity index (χ0v) is 12.7. The molecule has 1 atom stereocenters. The lowest BCUT2D eigenvalue weighted by atomic mass is 9.96. The molecule has 0 radical (unpaired) electrons. The number of ether oxygens (including phenoxy) is 1. The first kappa shape index (κ1) is 15.4. The number of hydrogen-bond donors (Lipinski definition) is 1. The van der Waals surface area contributed by atoms with E-state index in [0.29, 0.717) is 12.4 Å². The summed E-state index contributed by atoms with van der Waals surface area (Å²) in [7, 11) is 0. The molecule has 0 fully saturated rings. The molecule has 0 amide bonds. The van der Waals surface area contributed by atoms with Gasteiger partial charge in [0.05, 0.1) is 12.8 Å². The zero-order chi connectivity index (χ0) is 15.2. The fraction of sp³-hybridized carbons (Fsp3) is 0.353. The monoisotopic (exact) mass is 288 g/mol. The average Bonchev–Trinajstić information content (AvgIpc) is 2.48. The number of nitrogens with one attached hydrogen (secondary N) is 1. The smallest absolute Gasteiger partial charge is 0.138 e. The highest BCUT2D eigenvalue weighted by Gasteiger charge is 2.13. The molecule has 0 saturated heterocycles. The summed E-state index contributed by atoms with van der Waals surface area (Å²) in [6, 6.07) is 6.91. The molecule has 2 aromatic rings. The molecule has 0 spiro atoms. The Hall–Kier alpha value is -1.94. The molecule has 1 aromatic heterocycles. The van der Waals surface area contributed by atoms with Gasteiger partial charge in [0.25, 0.3) is 0 Å². The summed E-state index contributed by atoms with van der Waals surface area (Å²) < 4.78 is 19.1. The molecule has 1 unspecified atom stereocenters. The van der Waals surface area contributed by atoms with E-state index < -0.39 is 0 Å². The summed E-state index contributed by atoms with van der Waals surface area (Å²) in [6.45, 7) is 7.48.